The van der Waals surface area contributed by atoms with E-state index in [9.17, 15) is 12.9 Å². The van der Waals surface area contributed by atoms with E-state index in [0.717, 1.165) is 25.9 Å². The Kier molecular flexibility index (Phi) is 15.9. The fourth-order valence-electron chi connectivity index (χ4n) is 0.642. The van der Waals surface area contributed by atoms with Crippen LogP contribution in [0.25, 0.3) is 0 Å². The minimum Gasteiger partial charge on any atom is -0.330 e. The summed E-state index contributed by atoms with van der Waals surface area (Å²) in [4.78, 5) is 0. The summed E-state index contributed by atoms with van der Waals surface area (Å²) in [6, 6.07) is 0. The third-order valence-corrected chi connectivity index (χ3v) is 1.16. The minimum atomic E-state index is -3.67. The molecule has 0 bridgehead atoms. The van der Waals surface area contributed by atoms with Crippen LogP contribution in [-0.4, -0.2) is 20.6 Å². The van der Waals surface area contributed by atoms with Gasteiger partial charge in [0.15, 0.2) is 0 Å². The van der Waals surface area contributed by atoms with E-state index in [2.05, 4.69) is 0 Å². The molecule has 0 spiro atoms. The number of hydrogen-bond acceptors (Lipinski definition) is 2. The highest BCUT2D eigenvalue weighted by Gasteiger charge is 2.06. The van der Waals surface area contributed by atoms with Crippen LogP contribution in [0.2, 0.25) is 0 Å². The Hall–Kier alpha value is -0.225. The van der Waals surface area contributed by atoms with Gasteiger partial charge in [-0.05, 0) is 25.9 Å². The van der Waals surface area contributed by atoms with E-state index in [0.29, 0.717) is 0 Å². The summed E-state index contributed by atoms with van der Waals surface area (Å²) in [6.07, 6.45) is 4.79. The van der Waals surface area contributed by atoms with Crippen LogP contribution in [-0.2, 0) is 0 Å². The van der Waals surface area contributed by atoms with Crippen molar-refractivity contribution in [1.29, 1.82) is 0 Å². The molecule has 0 saturated carbocycles. The third-order valence-electron chi connectivity index (χ3n) is 1.16. The van der Waals surface area contributed by atoms with Crippen LogP contribution in [0.4, 0.5) is 12.9 Å². The zero-order chi connectivity index (χ0) is 9.82. The van der Waals surface area contributed by atoms with E-state index in [-0.39, 0.29) is 0 Å². The van der Waals surface area contributed by atoms with E-state index in [1.807, 2.05) is 0 Å². The molecule has 0 unspecified atom stereocenters. The zero-order valence-electron chi connectivity index (χ0n) is 7.11. The normalized spacial score (nSPS) is 8.75. The summed E-state index contributed by atoms with van der Waals surface area (Å²) >= 11 is 0. The predicted octanol–water partition coefficient (Wildman–Crippen LogP) is 1.34. The first-order valence-electron chi connectivity index (χ1n) is 3.97. The molecule has 0 heterocycles. The van der Waals surface area contributed by atoms with Crippen LogP contribution in [0.3, 0.4) is 0 Å². The number of rotatable bonds is 5. The standard InChI is InChI=1S/C6H16N2.BF3/c7-5-3-1-2-4-6-8;2-1(3)4/h1-8H2;. The van der Waals surface area contributed by atoms with Crippen molar-refractivity contribution >= 4 is 7.54 Å². The van der Waals surface area contributed by atoms with Crippen LogP contribution >= 0.6 is 0 Å². The summed E-state index contributed by atoms with van der Waals surface area (Å²) in [7, 11) is -3.67. The fourth-order valence-corrected chi connectivity index (χ4v) is 0.642. The highest BCUT2D eigenvalue weighted by Crippen LogP contribution is 1.95. The van der Waals surface area contributed by atoms with Gasteiger partial charge >= 0.3 is 7.54 Å². The van der Waals surface area contributed by atoms with Gasteiger partial charge in [-0.1, -0.05) is 12.8 Å². The molecule has 0 aliphatic heterocycles. The van der Waals surface area contributed by atoms with Gasteiger partial charge in [0.1, 0.15) is 0 Å². The minimum absolute atomic E-state index is 0.824. The van der Waals surface area contributed by atoms with Crippen LogP contribution < -0.4 is 11.5 Å². The Labute approximate surface area is 71.7 Å². The van der Waals surface area contributed by atoms with Crippen molar-refractivity contribution in [3.05, 3.63) is 0 Å². The van der Waals surface area contributed by atoms with E-state index in [1.165, 1.54) is 12.8 Å². The van der Waals surface area contributed by atoms with Crippen molar-refractivity contribution in [1.82, 2.24) is 0 Å². The first kappa shape index (κ1) is 14.3. The molecule has 0 saturated heterocycles. The lowest BCUT2D eigenvalue weighted by Crippen LogP contribution is -2.00. The average molecular weight is 184 g/mol. The quantitative estimate of drug-likeness (QED) is 0.500. The molecule has 0 aromatic heterocycles. The average Bonchev–Trinajstić information content (AvgIpc) is 1.97. The third kappa shape index (κ3) is 33.0. The lowest BCUT2D eigenvalue weighted by atomic mass is 10.2. The molecular weight excluding hydrogens is 168 g/mol. The second kappa shape index (κ2) is 13.4. The zero-order valence-corrected chi connectivity index (χ0v) is 7.11. The summed E-state index contributed by atoms with van der Waals surface area (Å²) < 4.78 is 29.0. The molecule has 0 aliphatic carbocycles. The van der Waals surface area contributed by atoms with E-state index >= 15 is 0 Å². The Morgan fingerprint density at radius 1 is 0.750 bits per heavy atom. The van der Waals surface area contributed by atoms with Crippen molar-refractivity contribution in [2.75, 3.05) is 13.1 Å². The number of nitrogens with two attached hydrogens (primary N) is 2. The summed E-state index contributed by atoms with van der Waals surface area (Å²) in [5, 5.41) is 0. The van der Waals surface area contributed by atoms with Crippen LogP contribution in [0, 0.1) is 0 Å². The molecule has 2 nitrogen and oxygen atoms in total. The molecular formula is C6H16BF3N2. The Balaban J connectivity index is 0. The molecule has 0 atom stereocenters. The highest BCUT2D eigenvalue weighted by molar-refractivity contribution is 6.33. The van der Waals surface area contributed by atoms with Crippen molar-refractivity contribution < 1.29 is 12.9 Å². The summed E-state index contributed by atoms with van der Waals surface area (Å²) in [6.45, 7) is 1.65. The van der Waals surface area contributed by atoms with Crippen molar-refractivity contribution in [2.45, 2.75) is 25.7 Å². The number of hydrogen-bond donors (Lipinski definition) is 2. The molecule has 0 aromatic carbocycles. The Morgan fingerprint density at radius 2 is 1.00 bits per heavy atom. The van der Waals surface area contributed by atoms with Gasteiger partial charge in [-0.25, -0.2) is 0 Å². The first-order valence-corrected chi connectivity index (χ1v) is 3.97. The van der Waals surface area contributed by atoms with E-state index in [1.54, 1.807) is 0 Å². The summed E-state index contributed by atoms with van der Waals surface area (Å²) in [5.41, 5.74) is 10.6. The van der Waals surface area contributed by atoms with Crippen molar-refractivity contribution in [2.24, 2.45) is 11.5 Å². The van der Waals surface area contributed by atoms with Gasteiger partial charge in [0.25, 0.3) is 0 Å². The Morgan fingerprint density at radius 3 is 1.17 bits per heavy atom. The molecule has 12 heavy (non-hydrogen) atoms. The van der Waals surface area contributed by atoms with Gasteiger partial charge in [0, 0.05) is 0 Å². The molecule has 0 aliphatic rings. The maximum atomic E-state index is 9.67. The lowest BCUT2D eigenvalue weighted by molar-refractivity contribution is 0.535. The van der Waals surface area contributed by atoms with Gasteiger partial charge in [-0.3, -0.25) is 12.9 Å². The molecule has 6 heteroatoms. The topological polar surface area (TPSA) is 52.0 Å². The number of halogens is 3. The molecule has 74 valence electrons. The molecule has 4 N–H and O–H groups in total. The molecule has 0 amide bonds. The second-order valence-corrected chi connectivity index (χ2v) is 2.24. The van der Waals surface area contributed by atoms with Gasteiger partial charge in [0.2, 0.25) is 0 Å². The largest absolute Gasteiger partial charge is 0.762 e. The number of unbranched alkanes of at least 4 members (excludes halogenated alkanes) is 3. The smallest absolute Gasteiger partial charge is 0.330 e. The van der Waals surface area contributed by atoms with E-state index < -0.39 is 7.54 Å². The predicted molar refractivity (Wildman–Crippen MR) is 45.7 cm³/mol. The maximum absolute atomic E-state index is 9.67. The SMILES string of the molecule is FB(F)F.NCCCCCCN. The van der Waals surface area contributed by atoms with Crippen LogP contribution in [0.1, 0.15) is 25.7 Å². The van der Waals surface area contributed by atoms with Gasteiger partial charge < -0.3 is 11.5 Å². The lowest BCUT2D eigenvalue weighted by Gasteiger charge is -1.94. The van der Waals surface area contributed by atoms with Crippen LogP contribution in [0.15, 0.2) is 0 Å². The first-order chi connectivity index (χ1) is 5.65. The Bertz CT molecular complexity index is 67.1. The highest BCUT2D eigenvalue weighted by atomic mass is 19.4. The summed E-state index contributed by atoms with van der Waals surface area (Å²) in [5.74, 6) is 0. The fraction of sp³-hybridized carbons (Fsp3) is 1.00. The van der Waals surface area contributed by atoms with Gasteiger partial charge in [0.05, 0.1) is 0 Å². The maximum Gasteiger partial charge on any atom is 0.762 e. The molecule has 0 rings (SSSR count). The van der Waals surface area contributed by atoms with E-state index in [4.69, 9.17) is 11.5 Å². The monoisotopic (exact) mass is 184 g/mol. The molecule has 0 radical (unpaired) electrons. The van der Waals surface area contributed by atoms with Crippen LogP contribution in [0.5, 0.6) is 0 Å². The molecule has 0 fully saturated rings. The van der Waals surface area contributed by atoms with Gasteiger partial charge in [-0.2, -0.15) is 0 Å². The van der Waals surface area contributed by atoms with Crippen molar-refractivity contribution in [3.8, 4) is 0 Å². The van der Waals surface area contributed by atoms with Crippen molar-refractivity contribution in [3.63, 3.8) is 0 Å². The second-order valence-electron chi connectivity index (χ2n) is 2.24. The van der Waals surface area contributed by atoms with Gasteiger partial charge in [-0.15, -0.1) is 0 Å². The molecule has 0 aromatic rings.